The van der Waals surface area contributed by atoms with Crippen molar-refractivity contribution in [1.29, 1.82) is 31.6 Å². The lowest BCUT2D eigenvalue weighted by molar-refractivity contribution is 0.104. The molecule has 1 aromatic rings. The smallest absolute Gasteiger partial charge is 0.196 e. The van der Waals surface area contributed by atoms with Gasteiger partial charge in [0.25, 0.3) is 0 Å². The third kappa shape index (κ3) is 2.23. The fourth-order valence-electron chi connectivity index (χ4n) is 2.56. The maximum absolute atomic E-state index is 12.7. The molecule has 0 radical (unpaired) electrons. The molecule has 7 nitrogen and oxygen atoms in total. The van der Waals surface area contributed by atoms with E-state index < -0.39 is 11.4 Å². The summed E-state index contributed by atoms with van der Waals surface area (Å²) in [6.07, 6.45) is 0. The van der Waals surface area contributed by atoms with Crippen LogP contribution in [-0.4, -0.2) is 5.78 Å². The fraction of sp³-hybridized carbons (Fsp3) is 0. The maximum Gasteiger partial charge on any atom is 0.196 e. The molecule has 25 heavy (non-hydrogen) atoms. The maximum atomic E-state index is 12.7. The number of rotatable bonds is 0. The minimum atomic E-state index is -0.684. The summed E-state index contributed by atoms with van der Waals surface area (Å²) >= 11 is 1.74. The molecule has 1 aliphatic rings. The normalized spacial score (nSPS) is 12.8. The van der Waals surface area contributed by atoms with Crippen LogP contribution in [0.5, 0.6) is 0 Å². The van der Waals surface area contributed by atoms with Gasteiger partial charge in [0.1, 0.15) is 42.0 Å². The van der Waals surface area contributed by atoms with E-state index in [4.69, 9.17) is 0 Å². The molecule has 0 fully saturated rings. The number of nitriles is 6. The van der Waals surface area contributed by atoms with Crippen LogP contribution in [0, 0.1) is 68.0 Å². The van der Waals surface area contributed by atoms with Crippen molar-refractivity contribution in [3.8, 4) is 36.4 Å². The van der Waals surface area contributed by atoms with Gasteiger partial charge >= 0.3 is 0 Å². The van der Waals surface area contributed by atoms with Crippen LogP contribution >= 0.6 is 22.6 Å². The fourth-order valence-corrected chi connectivity index (χ4v) is 3.15. The van der Waals surface area contributed by atoms with Gasteiger partial charge in [-0.1, -0.05) is 22.6 Å². The Balaban J connectivity index is 3.33. The van der Waals surface area contributed by atoms with E-state index >= 15 is 0 Å². The van der Waals surface area contributed by atoms with Crippen LogP contribution in [0.2, 0.25) is 0 Å². The summed E-state index contributed by atoms with van der Waals surface area (Å²) in [7, 11) is 0. The first-order chi connectivity index (χ1) is 12.1. The number of ketones is 1. The van der Waals surface area contributed by atoms with Crippen molar-refractivity contribution in [3.05, 3.63) is 48.6 Å². The molecule has 0 N–H and O–H groups in total. The topological polar surface area (TPSA) is 160 Å². The number of nitrogens with zero attached hydrogens (tertiary/aromatic N) is 6. The molecule has 0 saturated heterocycles. The molecular formula is C17HIN6O. The molecule has 0 saturated carbocycles. The van der Waals surface area contributed by atoms with Crippen molar-refractivity contribution in [1.82, 2.24) is 0 Å². The summed E-state index contributed by atoms with van der Waals surface area (Å²) in [5.41, 5.74) is -2.34. The predicted octanol–water partition coefficient (Wildman–Crippen LogP) is 2.49. The Labute approximate surface area is 155 Å². The van der Waals surface area contributed by atoms with Gasteiger partial charge in [-0.3, -0.25) is 4.79 Å². The predicted molar refractivity (Wildman–Crippen MR) is 89.9 cm³/mol. The molecule has 112 valence electrons. The molecule has 0 heterocycles. The van der Waals surface area contributed by atoms with Crippen molar-refractivity contribution in [2.24, 2.45) is 0 Å². The second kappa shape index (κ2) is 6.66. The van der Waals surface area contributed by atoms with Crippen LogP contribution in [0.4, 0.5) is 0 Å². The molecule has 0 spiro atoms. The first kappa shape index (κ1) is 17.4. The Morgan fingerprint density at radius 1 is 0.760 bits per heavy atom. The average Bonchev–Trinajstić information content (AvgIpc) is 2.93. The molecule has 0 aromatic heterocycles. The number of fused-ring (bicyclic) bond motifs is 1. The Bertz CT molecular complexity index is 1160. The number of benzene rings is 1. The summed E-state index contributed by atoms with van der Waals surface area (Å²) in [5.74, 6) is -0.684. The summed E-state index contributed by atoms with van der Waals surface area (Å²) in [5, 5.41) is 55.9. The summed E-state index contributed by atoms with van der Waals surface area (Å²) < 4.78 is 1.32. The van der Waals surface area contributed by atoms with E-state index in [2.05, 4.69) is 0 Å². The highest BCUT2D eigenvalue weighted by Crippen LogP contribution is 2.44. The lowest BCUT2D eigenvalue weighted by atomic mass is 9.87. The second-order valence-corrected chi connectivity index (χ2v) is 5.15. The average molecular weight is 432 g/mol. The van der Waals surface area contributed by atoms with E-state index in [9.17, 15) is 36.4 Å². The number of carbonyl (C=O) groups is 1. The van der Waals surface area contributed by atoms with Crippen molar-refractivity contribution in [2.75, 3.05) is 0 Å². The Morgan fingerprint density at radius 2 is 1.20 bits per heavy atom. The van der Waals surface area contributed by atoms with Crippen molar-refractivity contribution in [3.63, 3.8) is 0 Å². The second-order valence-electron chi connectivity index (χ2n) is 4.52. The first-order valence-electron chi connectivity index (χ1n) is 6.30. The Hall–Kier alpha value is -3.96. The summed E-state index contributed by atoms with van der Waals surface area (Å²) in [4.78, 5) is 12.7. The standard InChI is InChI=1S/C17HIN6O/c18-1-9-14(8(2-19)3-20)15-12(6-23)10(4-21)11(5-22)13(7-24)16(15)17(9)25/h1H/b9-1+. The van der Waals surface area contributed by atoms with Crippen LogP contribution in [0.25, 0.3) is 5.57 Å². The van der Waals surface area contributed by atoms with Gasteiger partial charge in [-0.05, 0) is 4.08 Å². The van der Waals surface area contributed by atoms with Crippen LogP contribution in [0.1, 0.15) is 38.2 Å². The van der Waals surface area contributed by atoms with Gasteiger partial charge in [0.05, 0.1) is 27.8 Å². The van der Waals surface area contributed by atoms with Crippen LogP contribution in [0.3, 0.4) is 0 Å². The highest BCUT2D eigenvalue weighted by molar-refractivity contribution is 14.1. The summed E-state index contributed by atoms with van der Waals surface area (Å²) in [6, 6.07) is 10.2. The molecule has 0 bridgehead atoms. The largest absolute Gasteiger partial charge is 0.288 e. The van der Waals surface area contributed by atoms with E-state index in [0.29, 0.717) is 0 Å². The molecule has 1 aliphatic carbocycles. The highest BCUT2D eigenvalue weighted by atomic mass is 127. The molecular weight excluding hydrogens is 431 g/mol. The molecule has 0 aliphatic heterocycles. The zero-order valence-corrected chi connectivity index (χ0v) is 14.2. The monoisotopic (exact) mass is 432 g/mol. The van der Waals surface area contributed by atoms with E-state index in [0.717, 1.165) is 0 Å². The van der Waals surface area contributed by atoms with Gasteiger partial charge < -0.3 is 0 Å². The van der Waals surface area contributed by atoms with Gasteiger partial charge in [0.15, 0.2) is 5.78 Å². The third-order valence-corrected chi connectivity index (χ3v) is 4.14. The van der Waals surface area contributed by atoms with Gasteiger partial charge in [-0.15, -0.1) is 0 Å². The lowest BCUT2D eigenvalue weighted by Crippen LogP contribution is -2.05. The first-order valence-corrected chi connectivity index (χ1v) is 7.55. The van der Waals surface area contributed by atoms with E-state index in [1.165, 1.54) is 4.08 Å². The van der Waals surface area contributed by atoms with Crippen molar-refractivity contribution >= 4 is 33.9 Å². The number of hydrogen-bond acceptors (Lipinski definition) is 7. The Morgan fingerprint density at radius 3 is 1.56 bits per heavy atom. The molecule has 8 heteroatoms. The zero-order chi connectivity index (χ0) is 18.7. The van der Waals surface area contributed by atoms with Crippen LogP contribution in [0.15, 0.2) is 15.2 Å². The lowest BCUT2D eigenvalue weighted by Gasteiger charge is -2.09. The molecule has 2 rings (SSSR count). The van der Waals surface area contributed by atoms with Gasteiger partial charge in [-0.25, -0.2) is 0 Å². The minimum absolute atomic E-state index is 0.0410. The van der Waals surface area contributed by atoms with Crippen molar-refractivity contribution in [2.45, 2.75) is 0 Å². The zero-order valence-electron chi connectivity index (χ0n) is 12.0. The van der Waals surface area contributed by atoms with Crippen LogP contribution in [-0.2, 0) is 0 Å². The number of Topliss-reactive ketones (excluding diaryl/α,β-unsaturated/α-hetero) is 1. The third-order valence-electron chi connectivity index (χ3n) is 3.52. The number of carbonyl (C=O) groups excluding carboxylic acids is 1. The minimum Gasteiger partial charge on any atom is -0.288 e. The van der Waals surface area contributed by atoms with E-state index in [-0.39, 0.29) is 44.5 Å². The SMILES string of the molecule is N#CC(C#N)=C1/C(=C\I)C(=O)c2c(C#N)c(C#N)c(C#N)c(C#N)c21. The van der Waals surface area contributed by atoms with Crippen LogP contribution < -0.4 is 0 Å². The molecule has 0 unspecified atom stereocenters. The van der Waals surface area contributed by atoms with Gasteiger partial charge in [0.2, 0.25) is 0 Å². The highest BCUT2D eigenvalue weighted by Gasteiger charge is 2.40. The number of hydrogen-bond donors (Lipinski definition) is 0. The quantitative estimate of drug-likeness (QED) is 0.346. The molecule has 1 aromatic carbocycles. The Kier molecular flexibility index (Phi) is 4.63. The van der Waals surface area contributed by atoms with E-state index in [1.54, 1.807) is 59.0 Å². The molecule has 0 amide bonds. The van der Waals surface area contributed by atoms with E-state index in [1.807, 2.05) is 0 Å². The van der Waals surface area contributed by atoms with Gasteiger partial charge in [-0.2, -0.15) is 31.6 Å². The summed E-state index contributed by atoms with van der Waals surface area (Å²) in [6.45, 7) is 0. The van der Waals surface area contributed by atoms with Crippen molar-refractivity contribution < 1.29 is 4.79 Å². The van der Waals surface area contributed by atoms with Gasteiger partial charge in [0, 0.05) is 16.7 Å². The number of allylic oxidation sites excluding steroid dienone is 3. The number of halogens is 1. The molecule has 0 atom stereocenters.